The van der Waals surface area contributed by atoms with E-state index in [4.69, 9.17) is 0 Å². The lowest BCUT2D eigenvalue weighted by Crippen LogP contribution is -1.95. The van der Waals surface area contributed by atoms with Gasteiger partial charge in [0.2, 0.25) is 0 Å². The number of ketones is 1. The van der Waals surface area contributed by atoms with Crippen molar-refractivity contribution >= 4 is 33.5 Å². The highest BCUT2D eigenvalue weighted by molar-refractivity contribution is 9.10. The second-order valence-electron chi connectivity index (χ2n) is 3.03. The molecule has 0 saturated carbocycles. The summed E-state index contributed by atoms with van der Waals surface area (Å²) in [5, 5.41) is 9.33. The van der Waals surface area contributed by atoms with Gasteiger partial charge in [-0.15, -0.1) is 0 Å². The van der Waals surface area contributed by atoms with Crippen LogP contribution in [0.5, 0.6) is 0 Å². The van der Waals surface area contributed by atoms with Gasteiger partial charge < -0.3 is 5.11 Å². The highest BCUT2D eigenvalue weighted by Gasteiger charge is 2.09. The first kappa shape index (κ1) is 12.3. The standard InChI is InChI=1S/C11H11BrO2S/c1-7(13)11(8(2)14)15-10-5-3-9(12)4-6-10/h3-6,13H,1-2H3. The number of carbonyl (C=O) groups is 1. The van der Waals surface area contributed by atoms with Gasteiger partial charge in [-0.2, -0.15) is 0 Å². The van der Waals surface area contributed by atoms with Crippen molar-refractivity contribution < 1.29 is 9.90 Å². The molecule has 1 aromatic carbocycles. The number of hydrogen-bond donors (Lipinski definition) is 1. The Hall–Kier alpha value is -0.740. The molecule has 0 saturated heterocycles. The molecule has 80 valence electrons. The smallest absolute Gasteiger partial charge is 0.169 e. The molecule has 0 unspecified atom stereocenters. The van der Waals surface area contributed by atoms with Gasteiger partial charge in [0, 0.05) is 9.37 Å². The average Bonchev–Trinajstić information content (AvgIpc) is 2.15. The maximum atomic E-state index is 11.2. The number of aliphatic hydroxyl groups excluding tert-OH is 1. The molecule has 0 aliphatic heterocycles. The van der Waals surface area contributed by atoms with Crippen molar-refractivity contribution in [2.24, 2.45) is 0 Å². The van der Waals surface area contributed by atoms with Crippen LogP contribution in [0.1, 0.15) is 13.8 Å². The van der Waals surface area contributed by atoms with Crippen LogP contribution in [0.25, 0.3) is 0 Å². The van der Waals surface area contributed by atoms with Gasteiger partial charge in [-0.1, -0.05) is 27.7 Å². The SMILES string of the molecule is CC(=O)C(Sc1ccc(Br)cc1)=C(C)O. The molecular weight excluding hydrogens is 276 g/mol. The lowest BCUT2D eigenvalue weighted by atomic mass is 10.3. The average molecular weight is 287 g/mol. The Balaban J connectivity index is 2.90. The van der Waals surface area contributed by atoms with Gasteiger partial charge in [0.05, 0.1) is 4.91 Å². The summed E-state index contributed by atoms with van der Waals surface area (Å²) in [4.78, 5) is 12.5. The van der Waals surface area contributed by atoms with Gasteiger partial charge in [0.15, 0.2) is 5.78 Å². The van der Waals surface area contributed by atoms with Crippen LogP contribution < -0.4 is 0 Å². The Kier molecular flexibility index (Phi) is 4.42. The molecule has 1 rings (SSSR count). The summed E-state index contributed by atoms with van der Waals surface area (Å²) < 4.78 is 0.987. The molecule has 4 heteroatoms. The number of aliphatic hydroxyl groups is 1. The zero-order valence-electron chi connectivity index (χ0n) is 8.45. The molecule has 1 aromatic rings. The number of allylic oxidation sites excluding steroid dienone is 2. The van der Waals surface area contributed by atoms with Crippen molar-refractivity contribution in [2.45, 2.75) is 18.7 Å². The second kappa shape index (κ2) is 5.37. The zero-order chi connectivity index (χ0) is 11.4. The molecule has 0 aromatic heterocycles. The Morgan fingerprint density at radius 3 is 2.20 bits per heavy atom. The normalized spacial score (nSPS) is 12.2. The van der Waals surface area contributed by atoms with Crippen LogP contribution in [0, 0.1) is 0 Å². The second-order valence-corrected chi connectivity index (χ2v) is 5.03. The Morgan fingerprint density at radius 1 is 1.27 bits per heavy atom. The van der Waals surface area contributed by atoms with E-state index < -0.39 is 0 Å². The molecule has 0 spiro atoms. The number of hydrogen-bond acceptors (Lipinski definition) is 3. The van der Waals surface area contributed by atoms with E-state index in [9.17, 15) is 9.90 Å². The van der Waals surface area contributed by atoms with Crippen LogP contribution in [-0.2, 0) is 4.79 Å². The molecule has 0 heterocycles. The molecular formula is C11H11BrO2S. The summed E-state index contributed by atoms with van der Waals surface area (Å²) >= 11 is 4.60. The van der Waals surface area contributed by atoms with E-state index in [1.807, 2.05) is 24.3 Å². The van der Waals surface area contributed by atoms with Gasteiger partial charge in [-0.3, -0.25) is 4.79 Å². The Bertz CT molecular complexity index is 392. The molecule has 0 fully saturated rings. The van der Waals surface area contributed by atoms with Crippen LogP contribution in [0.3, 0.4) is 0 Å². The minimum Gasteiger partial charge on any atom is -0.511 e. The first-order chi connectivity index (χ1) is 7.00. The van der Waals surface area contributed by atoms with E-state index in [2.05, 4.69) is 15.9 Å². The summed E-state index contributed by atoms with van der Waals surface area (Å²) in [5.41, 5.74) is 0. The molecule has 15 heavy (non-hydrogen) atoms. The number of benzene rings is 1. The molecule has 0 aliphatic rings. The van der Waals surface area contributed by atoms with Crippen LogP contribution in [0.4, 0.5) is 0 Å². The number of carbonyl (C=O) groups excluding carboxylic acids is 1. The fourth-order valence-corrected chi connectivity index (χ4v) is 2.08. The first-order valence-corrected chi connectivity index (χ1v) is 5.96. The van der Waals surface area contributed by atoms with E-state index in [0.717, 1.165) is 9.37 Å². The lowest BCUT2D eigenvalue weighted by Gasteiger charge is -2.04. The third-order valence-corrected chi connectivity index (χ3v) is 3.51. The van der Waals surface area contributed by atoms with Gasteiger partial charge in [0.1, 0.15) is 5.76 Å². The van der Waals surface area contributed by atoms with Crippen molar-refractivity contribution in [1.82, 2.24) is 0 Å². The minimum atomic E-state index is -0.122. The summed E-state index contributed by atoms with van der Waals surface area (Å²) in [7, 11) is 0. The van der Waals surface area contributed by atoms with Crippen LogP contribution in [0.2, 0.25) is 0 Å². The predicted molar refractivity (Wildman–Crippen MR) is 66.0 cm³/mol. The third kappa shape index (κ3) is 3.72. The Morgan fingerprint density at radius 2 is 1.80 bits per heavy atom. The van der Waals surface area contributed by atoms with Crippen LogP contribution >= 0.6 is 27.7 Å². The van der Waals surface area contributed by atoms with Crippen molar-refractivity contribution in [3.63, 3.8) is 0 Å². The van der Waals surface area contributed by atoms with Crippen molar-refractivity contribution in [2.75, 3.05) is 0 Å². The Labute approximate surface area is 102 Å². The van der Waals surface area contributed by atoms with Crippen LogP contribution in [0.15, 0.2) is 44.3 Å². The summed E-state index contributed by atoms with van der Waals surface area (Å²) in [6, 6.07) is 7.57. The molecule has 0 amide bonds. The highest BCUT2D eigenvalue weighted by atomic mass is 79.9. The molecule has 1 N–H and O–H groups in total. The number of halogens is 1. The van der Waals surface area contributed by atoms with Gasteiger partial charge in [-0.25, -0.2) is 0 Å². The topological polar surface area (TPSA) is 37.3 Å². The van der Waals surface area contributed by atoms with E-state index in [0.29, 0.717) is 4.91 Å². The van der Waals surface area contributed by atoms with Crippen LogP contribution in [-0.4, -0.2) is 10.9 Å². The monoisotopic (exact) mass is 286 g/mol. The van der Waals surface area contributed by atoms with E-state index in [1.165, 1.54) is 25.6 Å². The lowest BCUT2D eigenvalue weighted by molar-refractivity contribution is -0.113. The maximum Gasteiger partial charge on any atom is 0.169 e. The number of rotatable bonds is 3. The van der Waals surface area contributed by atoms with Gasteiger partial charge in [0.25, 0.3) is 0 Å². The third-order valence-electron chi connectivity index (χ3n) is 1.68. The van der Waals surface area contributed by atoms with Crippen molar-refractivity contribution in [1.29, 1.82) is 0 Å². The van der Waals surface area contributed by atoms with Gasteiger partial charge in [-0.05, 0) is 38.1 Å². The molecule has 0 aliphatic carbocycles. The summed E-state index contributed by atoms with van der Waals surface area (Å²) in [6.07, 6.45) is 0. The maximum absolute atomic E-state index is 11.2. The fraction of sp³-hybridized carbons (Fsp3) is 0.182. The van der Waals surface area contributed by atoms with Crippen molar-refractivity contribution in [3.05, 3.63) is 39.4 Å². The number of Topliss-reactive ketones (excluding diaryl/α,β-unsaturated/α-hetero) is 1. The van der Waals surface area contributed by atoms with E-state index >= 15 is 0 Å². The first-order valence-electron chi connectivity index (χ1n) is 4.35. The fourth-order valence-electron chi connectivity index (χ4n) is 1.02. The molecule has 0 radical (unpaired) electrons. The largest absolute Gasteiger partial charge is 0.511 e. The minimum absolute atomic E-state index is 0.0652. The van der Waals surface area contributed by atoms with Crippen molar-refractivity contribution in [3.8, 4) is 0 Å². The predicted octanol–water partition coefficient (Wildman–Crippen LogP) is 3.92. The summed E-state index contributed by atoms with van der Waals surface area (Å²) in [6.45, 7) is 2.96. The molecule has 2 nitrogen and oxygen atoms in total. The quantitative estimate of drug-likeness (QED) is 0.520. The highest BCUT2D eigenvalue weighted by Crippen LogP contribution is 2.29. The van der Waals surface area contributed by atoms with E-state index in [-0.39, 0.29) is 11.5 Å². The van der Waals surface area contributed by atoms with E-state index in [1.54, 1.807) is 0 Å². The summed E-state index contributed by atoms with van der Waals surface area (Å²) in [5.74, 6) is -0.0571. The number of thioether (sulfide) groups is 1. The molecule has 0 bridgehead atoms. The molecule has 0 atom stereocenters. The zero-order valence-corrected chi connectivity index (χ0v) is 10.9. The van der Waals surface area contributed by atoms with Gasteiger partial charge >= 0.3 is 0 Å².